The molecule has 2 saturated heterocycles. The van der Waals surface area contributed by atoms with Crippen molar-refractivity contribution in [1.82, 2.24) is 15.2 Å². The van der Waals surface area contributed by atoms with Gasteiger partial charge in [-0.15, -0.1) is 0 Å². The summed E-state index contributed by atoms with van der Waals surface area (Å²) in [6, 6.07) is 12.1. The van der Waals surface area contributed by atoms with Gasteiger partial charge >= 0.3 is 5.97 Å². The minimum absolute atomic E-state index is 0.260. The van der Waals surface area contributed by atoms with Crippen LogP contribution in [-0.2, 0) is 24.7 Å². The summed E-state index contributed by atoms with van der Waals surface area (Å²) in [7, 11) is 1.29. The molecule has 144 valence electrons. The van der Waals surface area contributed by atoms with Crippen molar-refractivity contribution in [2.45, 2.75) is 18.5 Å². The fourth-order valence-electron chi connectivity index (χ4n) is 4.56. The molecule has 4 rings (SSSR count). The first-order valence-electron chi connectivity index (χ1n) is 9.23. The third-order valence-corrected chi connectivity index (χ3v) is 5.75. The summed E-state index contributed by atoms with van der Waals surface area (Å²) < 4.78 is 5.14. The summed E-state index contributed by atoms with van der Waals surface area (Å²) >= 11 is 0. The molecule has 0 unspecified atom stereocenters. The Morgan fingerprint density at radius 1 is 1.18 bits per heavy atom. The number of nitrogens with one attached hydrogen (secondary N) is 1. The van der Waals surface area contributed by atoms with E-state index >= 15 is 0 Å². The van der Waals surface area contributed by atoms with Crippen molar-refractivity contribution in [3.05, 3.63) is 66.0 Å². The Morgan fingerprint density at radius 2 is 1.93 bits per heavy atom. The van der Waals surface area contributed by atoms with Crippen molar-refractivity contribution < 1.29 is 19.1 Å². The van der Waals surface area contributed by atoms with Gasteiger partial charge in [-0.05, 0) is 24.1 Å². The van der Waals surface area contributed by atoms with Crippen molar-refractivity contribution in [2.24, 2.45) is 11.8 Å². The topological polar surface area (TPSA) is 88.6 Å². The number of pyridine rings is 1. The summed E-state index contributed by atoms with van der Waals surface area (Å²) in [5.41, 5.74) is -0.0987. The first kappa shape index (κ1) is 18.3. The number of benzene rings is 1. The molecule has 0 aliphatic carbocycles. The summed E-state index contributed by atoms with van der Waals surface area (Å²) in [4.78, 5) is 44.9. The smallest absolute Gasteiger partial charge is 0.331 e. The van der Waals surface area contributed by atoms with Gasteiger partial charge in [0.05, 0.1) is 18.9 Å². The van der Waals surface area contributed by atoms with E-state index < -0.39 is 29.4 Å². The lowest BCUT2D eigenvalue weighted by atomic mass is 9.75. The molecule has 1 aromatic heterocycles. The zero-order valence-corrected chi connectivity index (χ0v) is 15.7. The highest BCUT2D eigenvalue weighted by atomic mass is 16.5. The van der Waals surface area contributed by atoms with Gasteiger partial charge in [-0.3, -0.25) is 24.8 Å². The molecule has 2 aliphatic heterocycles. The minimum Gasteiger partial charge on any atom is -0.467 e. The van der Waals surface area contributed by atoms with E-state index in [1.165, 1.54) is 12.0 Å². The normalized spacial score (nSPS) is 29.1. The number of ether oxygens (including phenoxy) is 1. The Balaban J connectivity index is 1.95. The molecule has 1 N–H and O–H groups in total. The molecule has 3 heterocycles. The van der Waals surface area contributed by atoms with Gasteiger partial charge < -0.3 is 4.74 Å². The molecule has 0 bridgehead atoms. The quantitative estimate of drug-likeness (QED) is 0.638. The molecule has 1 aromatic carbocycles. The van der Waals surface area contributed by atoms with E-state index in [9.17, 15) is 14.4 Å². The van der Waals surface area contributed by atoms with E-state index in [0.29, 0.717) is 5.56 Å². The molecule has 0 radical (unpaired) electrons. The number of hydrogen-bond acceptors (Lipinski definition) is 6. The van der Waals surface area contributed by atoms with E-state index in [2.05, 4.69) is 10.3 Å². The van der Waals surface area contributed by atoms with Crippen LogP contribution in [0.4, 0.5) is 0 Å². The monoisotopic (exact) mass is 379 g/mol. The number of rotatable bonds is 4. The van der Waals surface area contributed by atoms with Gasteiger partial charge in [0, 0.05) is 25.0 Å². The minimum atomic E-state index is -1.45. The number of esters is 1. The maximum Gasteiger partial charge on any atom is 0.331 e. The molecular formula is C21H21N3O4. The highest BCUT2D eigenvalue weighted by molar-refractivity contribution is 6.09. The average molecular weight is 379 g/mol. The zero-order valence-electron chi connectivity index (χ0n) is 15.7. The SMILES string of the molecule is CCN1C(=O)[C@H]2[C@@H](C1=O)[C@](C(=O)OC)(c1ccccc1)N[C@H]2c1cccnc1. The van der Waals surface area contributed by atoms with E-state index in [1.807, 2.05) is 12.1 Å². The number of fused-ring (bicyclic) bond motifs is 1. The van der Waals surface area contributed by atoms with Crippen LogP contribution in [-0.4, -0.2) is 41.3 Å². The van der Waals surface area contributed by atoms with E-state index in [4.69, 9.17) is 4.74 Å². The Bertz CT molecular complexity index is 918. The van der Waals surface area contributed by atoms with Crippen LogP contribution >= 0.6 is 0 Å². The predicted molar refractivity (Wildman–Crippen MR) is 99.6 cm³/mol. The van der Waals surface area contributed by atoms with Crippen LogP contribution in [0.15, 0.2) is 54.9 Å². The number of likely N-dealkylation sites (tertiary alicyclic amines) is 1. The second-order valence-electron chi connectivity index (χ2n) is 7.00. The zero-order chi connectivity index (χ0) is 19.9. The number of carbonyl (C=O) groups excluding carboxylic acids is 3. The first-order chi connectivity index (χ1) is 13.6. The Labute approximate surface area is 162 Å². The van der Waals surface area contributed by atoms with Gasteiger partial charge in [0.15, 0.2) is 5.54 Å². The van der Waals surface area contributed by atoms with Gasteiger partial charge in [0.1, 0.15) is 0 Å². The molecule has 2 aliphatic rings. The Kier molecular flexibility index (Phi) is 4.47. The van der Waals surface area contributed by atoms with Gasteiger partial charge in [0.2, 0.25) is 11.8 Å². The predicted octanol–water partition coefficient (Wildman–Crippen LogP) is 1.42. The maximum absolute atomic E-state index is 13.3. The highest BCUT2D eigenvalue weighted by Crippen LogP contribution is 2.53. The molecule has 2 amide bonds. The number of methoxy groups -OCH3 is 1. The number of aromatic nitrogens is 1. The van der Waals surface area contributed by atoms with Crippen LogP contribution in [0.3, 0.4) is 0 Å². The molecule has 7 heteroatoms. The van der Waals surface area contributed by atoms with Crippen molar-refractivity contribution >= 4 is 17.8 Å². The molecule has 0 spiro atoms. The van der Waals surface area contributed by atoms with Gasteiger partial charge in [-0.2, -0.15) is 0 Å². The Morgan fingerprint density at radius 3 is 2.54 bits per heavy atom. The van der Waals surface area contributed by atoms with E-state index in [0.717, 1.165) is 5.56 Å². The Hall–Kier alpha value is -3.06. The molecule has 0 saturated carbocycles. The molecule has 2 fully saturated rings. The van der Waals surface area contributed by atoms with Crippen LogP contribution in [0.25, 0.3) is 0 Å². The number of carbonyl (C=O) groups is 3. The lowest BCUT2D eigenvalue weighted by molar-refractivity contribution is -0.154. The fraction of sp³-hybridized carbons (Fsp3) is 0.333. The van der Waals surface area contributed by atoms with Crippen molar-refractivity contribution in [3.63, 3.8) is 0 Å². The van der Waals surface area contributed by atoms with Crippen molar-refractivity contribution in [2.75, 3.05) is 13.7 Å². The third kappa shape index (κ3) is 2.39. The lowest BCUT2D eigenvalue weighted by Gasteiger charge is -2.32. The molecule has 28 heavy (non-hydrogen) atoms. The summed E-state index contributed by atoms with van der Waals surface area (Å²) in [6.45, 7) is 2.02. The standard InChI is InChI=1S/C21H21N3O4/c1-3-24-18(25)15-16(19(24)26)21(20(27)28-2,14-9-5-4-6-10-14)23-17(15)13-8-7-11-22-12-13/h4-12,15-17,23H,3H2,1-2H3/t15-,16-,17-,21-/m0/s1. The second kappa shape index (κ2) is 6.83. The second-order valence-corrected chi connectivity index (χ2v) is 7.00. The summed E-state index contributed by atoms with van der Waals surface area (Å²) in [5.74, 6) is -2.82. The maximum atomic E-state index is 13.3. The van der Waals surface area contributed by atoms with E-state index in [-0.39, 0.29) is 18.4 Å². The van der Waals surface area contributed by atoms with Crippen LogP contribution in [0.1, 0.15) is 24.1 Å². The van der Waals surface area contributed by atoms with Crippen molar-refractivity contribution in [1.29, 1.82) is 0 Å². The van der Waals surface area contributed by atoms with Gasteiger partial charge in [-0.1, -0.05) is 36.4 Å². The fourth-order valence-corrected chi connectivity index (χ4v) is 4.56. The van der Waals surface area contributed by atoms with Crippen LogP contribution in [0, 0.1) is 11.8 Å². The molecule has 4 atom stereocenters. The molecule has 2 aromatic rings. The number of imide groups is 1. The van der Waals surface area contributed by atoms with Crippen LogP contribution < -0.4 is 5.32 Å². The molecular weight excluding hydrogens is 358 g/mol. The lowest BCUT2D eigenvalue weighted by Crippen LogP contribution is -2.53. The number of amides is 2. The highest BCUT2D eigenvalue weighted by Gasteiger charge is 2.69. The largest absolute Gasteiger partial charge is 0.467 e. The average Bonchev–Trinajstić information content (AvgIpc) is 3.23. The van der Waals surface area contributed by atoms with Crippen LogP contribution in [0.2, 0.25) is 0 Å². The summed E-state index contributed by atoms with van der Waals surface area (Å²) in [5, 5.41) is 3.31. The number of nitrogens with zero attached hydrogens (tertiary/aromatic N) is 2. The van der Waals surface area contributed by atoms with E-state index in [1.54, 1.807) is 49.6 Å². The third-order valence-electron chi connectivity index (χ3n) is 5.75. The number of hydrogen-bond donors (Lipinski definition) is 1. The van der Waals surface area contributed by atoms with Crippen molar-refractivity contribution in [3.8, 4) is 0 Å². The van der Waals surface area contributed by atoms with Gasteiger partial charge in [-0.25, -0.2) is 4.79 Å². The molecule has 7 nitrogen and oxygen atoms in total. The summed E-state index contributed by atoms with van der Waals surface area (Å²) in [6.07, 6.45) is 3.29. The van der Waals surface area contributed by atoms with Crippen LogP contribution in [0.5, 0.6) is 0 Å². The first-order valence-corrected chi connectivity index (χ1v) is 9.23. The van der Waals surface area contributed by atoms with Gasteiger partial charge in [0.25, 0.3) is 0 Å².